The number of aliphatic imine (C=N–C) groups is 1. The second-order valence-electron chi connectivity index (χ2n) is 8.88. The second kappa shape index (κ2) is 11.8. The maximum Gasteiger partial charge on any atom is 0.427 e. The topological polar surface area (TPSA) is 139 Å². The second-order valence-corrected chi connectivity index (χ2v) is 11.1. The first-order valence-electron chi connectivity index (χ1n) is 12.0. The molecule has 0 saturated carbocycles. The van der Waals surface area contributed by atoms with E-state index in [1.54, 1.807) is 6.92 Å². The van der Waals surface area contributed by atoms with Gasteiger partial charge in [-0.1, -0.05) is 25.1 Å². The van der Waals surface area contributed by atoms with Crippen molar-refractivity contribution in [1.29, 1.82) is 0 Å². The highest BCUT2D eigenvalue weighted by Gasteiger charge is 2.51. The number of fused-ring (bicyclic) bond motifs is 1. The number of carbonyl (C=O) groups excluding carboxylic acids is 1. The summed E-state index contributed by atoms with van der Waals surface area (Å²) in [5.41, 5.74) is 2.99. The maximum absolute atomic E-state index is 13.2. The Morgan fingerprint density at radius 1 is 1.27 bits per heavy atom. The van der Waals surface area contributed by atoms with Gasteiger partial charge in [0.1, 0.15) is 28.9 Å². The van der Waals surface area contributed by atoms with E-state index in [0.717, 1.165) is 16.6 Å². The van der Waals surface area contributed by atoms with Crippen LogP contribution in [0.5, 0.6) is 5.75 Å². The van der Waals surface area contributed by atoms with Crippen molar-refractivity contribution < 1.29 is 35.9 Å². The number of ether oxygens (including phenoxy) is 2. The van der Waals surface area contributed by atoms with Gasteiger partial charge in [0.05, 0.1) is 12.2 Å². The fourth-order valence-corrected chi connectivity index (χ4v) is 5.22. The Morgan fingerprint density at radius 2 is 1.98 bits per heavy atom. The number of amidine groups is 1. The van der Waals surface area contributed by atoms with Crippen LogP contribution in [-0.4, -0.2) is 55.1 Å². The maximum atomic E-state index is 13.2. The number of sulfonamides is 1. The van der Waals surface area contributed by atoms with E-state index in [1.165, 1.54) is 29.1 Å². The van der Waals surface area contributed by atoms with Gasteiger partial charge in [-0.05, 0) is 39.0 Å². The minimum atomic E-state index is -4.78. The summed E-state index contributed by atoms with van der Waals surface area (Å²) >= 11 is 6.02. The third kappa shape index (κ3) is 6.91. The molecule has 0 unspecified atom stereocenters. The van der Waals surface area contributed by atoms with Crippen LogP contribution >= 0.6 is 11.6 Å². The lowest BCUT2D eigenvalue weighted by Gasteiger charge is -2.31. The number of hydrazine groups is 1. The number of amides is 1. The predicted molar refractivity (Wildman–Crippen MR) is 143 cm³/mol. The lowest BCUT2D eigenvalue weighted by molar-refractivity contribution is -0.242. The van der Waals surface area contributed by atoms with Crippen LogP contribution in [0.4, 0.5) is 29.3 Å². The van der Waals surface area contributed by atoms with E-state index >= 15 is 0 Å². The highest BCUT2D eigenvalue weighted by atomic mass is 35.5. The number of benzene rings is 1. The number of alkyl halides is 3. The first-order valence-corrected chi connectivity index (χ1v) is 13.8. The van der Waals surface area contributed by atoms with Crippen LogP contribution in [0.2, 0.25) is 5.15 Å². The zero-order valence-electron chi connectivity index (χ0n) is 22.1. The van der Waals surface area contributed by atoms with Crippen LogP contribution in [0.15, 0.2) is 46.7 Å². The minimum Gasteiger partial charge on any atom is -0.489 e. The summed E-state index contributed by atoms with van der Waals surface area (Å²) in [6.07, 6.45) is -3.91. The molecule has 17 heteroatoms. The Labute approximate surface area is 234 Å². The van der Waals surface area contributed by atoms with Crippen molar-refractivity contribution in [3.05, 3.63) is 41.9 Å². The van der Waals surface area contributed by atoms with E-state index in [4.69, 9.17) is 16.3 Å². The molecule has 0 aliphatic carbocycles. The zero-order chi connectivity index (χ0) is 29.9. The largest absolute Gasteiger partial charge is 0.489 e. The molecule has 0 spiro atoms. The number of nitrogens with one attached hydrogen (secondary N) is 3. The van der Waals surface area contributed by atoms with Gasteiger partial charge in [0.15, 0.2) is 5.15 Å². The number of aryl methyl sites for hydroxylation is 1. The number of halogens is 4. The van der Waals surface area contributed by atoms with Gasteiger partial charge in [0.25, 0.3) is 10.0 Å². The summed E-state index contributed by atoms with van der Waals surface area (Å²) in [4.78, 5) is 15.8. The van der Waals surface area contributed by atoms with E-state index in [2.05, 4.69) is 37.6 Å². The first kappa shape index (κ1) is 30.9. The molecule has 0 fully saturated rings. The van der Waals surface area contributed by atoms with Gasteiger partial charge in [-0.15, -0.1) is 0 Å². The van der Waals surface area contributed by atoms with Crippen molar-refractivity contribution >= 4 is 44.9 Å². The fraction of sp³-hybridized carbons (Fsp3) is 0.435. The molecule has 2 aromatic rings. The first-order chi connectivity index (χ1) is 18.6. The molecule has 220 valence electrons. The molecule has 12 nitrogen and oxygen atoms in total. The molecule has 0 radical (unpaired) electrons. The number of rotatable bonds is 6. The van der Waals surface area contributed by atoms with Crippen LogP contribution < -0.4 is 25.2 Å². The molecule has 40 heavy (non-hydrogen) atoms. The zero-order valence-corrected chi connectivity index (χ0v) is 23.7. The SMILES string of the molecule is C=C1N=C(CC)NN1.CCn1cc(S(=O)(=O)N2CCOc3ccc(NC(=O)OC(C)(C)C(F)(F)F)cc32)c(Cl)n1. The highest BCUT2D eigenvalue weighted by molar-refractivity contribution is 7.93. The monoisotopic (exact) mass is 607 g/mol. The van der Waals surface area contributed by atoms with E-state index in [1.807, 2.05) is 6.92 Å². The van der Waals surface area contributed by atoms with Crippen molar-refractivity contribution in [2.24, 2.45) is 4.99 Å². The Hall–Kier alpha value is -3.66. The Kier molecular flexibility index (Phi) is 9.14. The van der Waals surface area contributed by atoms with Crippen molar-refractivity contribution in [3.8, 4) is 5.75 Å². The Morgan fingerprint density at radius 3 is 2.50 bits per heavy atom. The van der Waals surface area contributed by atoms with Crippen LogP contribution in [0.3, 0.4) is 0 Å². The molecule has 1 amide bonds. The van der Waals surface area contributed by atoms with Crippen molar-refractivity contribution in [2.75, 3.05) is 22.8 Å². The molecule has 0 bridgehead atoms. The van der Waals surface area contributed by atoms with Gasteiger partial charge in [-0.3, -0.25) is 25.2 Å². The normalized spacial score (nSPS) is 15.1. The van der Waals surface area contributed by atoms with Crippen LogP contribution in [0.1, 0.15) is 34.1 Å². The quantitative estimate of drug-likeness (QED) is 0.439. The fourth-order valence-electron chi connectivity index (χ4n) is 3.32. The number of hydrogen-bond acceptors (Lipinski definition) is 9. The standard InChI is InChI=1S/C18H20ClF3N4O5S.C5H9N3/c1-4-25-10-14(15(19)24-25)32(28,29)26-7-8-30-13-6-5-11(9-12(13)26)23-16(27)31-17(2,3)18(20,21)22;1-3-5-6-4(2)7-8-5/h5-6,9-10H,4,7-8H2,1-3H3,(H,23,27);7H,2-3H2,1H3,(H,6,8). The molecule has 1 aromatic heterocycles. The van der Waals surface area contributed by atoms with Crippen LogP contribution in [-0.2, 0) is 21.3 Å². The summed E-state index contributed by atoms with van der Waals surface area (Å²) < 4.78 is 77.7. The lowest BCUT2D eigenvalue weighted by atomic mass is 10.1. The summed E-state index contributed by atoms with van der Waals surface area (Å²) in [5, 5.41) is 5.91. The minimum absolute atomic E-state index is 0.00720. The van der Waals surface area contributed by atoms with E-state index in [9.17, 15) is 26.4 Å². The van der Waals surface area contributed by atoms with E-state index in [0.29, 0.717) is 26.2 Å². The summed E-state index contributed by atoms with van der Waals surface area (Å²) in [6, 6.07) is 3.99. The molecular formula is C23H29ClF3N7O5S. The van der Waals surface area contributed by atoms with Crippen molar-refractivity contribution in [2.45, 2.75) is 57.3 Å². The highest BCUT2D eigenvalue weighted by Crippen LogP contribution is 2.39. The molecule has 3 heterocycles. The smallest absolute Gasteiger partial charge is 0.427 e. The molecule has 0 atom stereocenters. The molecule has 2 aliphatic rings. The molecule has 2 aliphatic heterocycles. The number of nitrogens with zero attached hydrogens (tertiary/aromatic N) is 4. The average Bonchev–Trinajstić information content (AvgIpc) is 3.48. The van der Waals surface area contributed by atoms with E-state index in [-0.39, 0.29) is 40.3 Å². The molecule has 0 saturated heterocycles. The molecule has 3 N–H and O–H groups in total. The summed E-state index contributed by atoms with van der Waals surface area (Å²) in [5.74, 6) is 1.85. The Bertz CT molecular complexity index is 1410. The predicted octanol–water partition coefficient (Wildman–Crippen LogP) is 4.41. The summed E-state index contributed by atoms with van der Waals surface area (Å²) in [7, 11) is -4.14. The third-order valence-electron chi connectivity index (χ3n) is 5.59. The summed E-state index contributed by atoms with van der Waals surface area (Å²) in [6.45, 7) is 9.21. The van der Waals surface area contributed by atoms with Gasteiger partial charge in [-0.2, -0.15) is 18.3 Å². The van der Waals surface area contributed by atoms with Gasteiger partial charge in [0.2, 0.25) is 5.60 Å². The van der Waals surface area contributed by atoms with E-state index < -0.39 is 27.9 Å². The van der Waals surface area contributed by atoms with Gasteiger partial charge >= 0.3 is 12.3 Å². The van der Waals surface area contributed by atoms with Gasteiger partial charge in [0, 0.05) is 24.8 Å². The van der Waals surface area contributed by atoms with Gasteiger partial charge < -0.3 is 9.47 Å². The number of carbonyl (C=O) groups is 1. The van der Waals surface area contributed by atoms with Crippen molar-refractivity contribution in [3.63, 3.8) is 0 Å². The number of hydrogen-bond donors (Lipinski definition) is 3. The number of anilines is 2. The molecule has 4 rings (SSSR count). The van der Waals surface area contributed by atoms with Gasteiger partial charge in [-0.25, -0.2) is 18.2 Å². The molecule has 1 aromatic carbocycles. The third-order valence-corrected chi connectivity index (χ3v) is 7.80. The van der Waals surface area contributed by atoms with Crippen molar-refractivity contribution in [1.82, 2.24) is 20.6 Å². The Balaban J connectivity index is 0.000000472. The van der Waals surface area contributed by atoms with Crippen LogP contribution in [0.25, 0.3) is 0 Å². The number of aromatic nitrogens is 2. The lowest BCUT2D eigenvalue weighted by Crippen LogP contribution is -2.44. The van der Waals surface area contributed by atoms with Crippen LogP contribution in [0, 0.1) is 0 Å². The average molecular weight is 608 g/mol. The molecular weight excluding hydrogens is 579 g/mol.